The highest BCUT2D eigenvalue weighted by Gasteiger charge is 2.27. The molecule has 2 N–H and O–H groups in total. The van der Waals surface area contributed by atoms with Crippen LogP contribution in [0, 0.1) is 5.92 Å². The van der Waals surface area contributed by atoms with E-state index in [4.69, 9.17) is 4.74 Å². The Morgan fingerprint density at radius 1 is 1.15 bits per heavy atom. The van der Waals surface area contributed by atoms with Crippen LogP contribution in [0.4, 0.5) is 11.5 Å². The molecule has 1 aromatic carbocycles. The maximum atomic E-state index is 12.9. The minimum absolute atomic E-state index is 0.00203. The van der Waals surface area contributed by atoms with E-state index >= 15 is 0 Å². The predicted molar refractivity (Wildman–Crippen MR) is 130 cm³/mol. The molecule has 1 saturated heterocycles. The molecule has 1 aliphatic heterocycles. The van der Waals surface area contributed by atoms with Crippen molar-refractivity contribution in [3.8, 4) is 16.3 Å². The number of ether oxygens (including phenoxy) is 1. The van der Waals surface area contributed by atoms with Crippen LogP contribution in [-0.4, -0.2) is 48.3 Å². The topological polar surface area (TPSA) is 96.5 Å². The molecule has 4 rings (SSSR count). The molecule has 3 heterocycles. The number of benzene rings is 1. The number of carbonyl (C=O) groups excluding carboxylic acids is 2. The van der Waals surface area contributed by atoms with Crippen molar-refractivity contribution < 1.29 is 14.3 Å². The van der Waals surface area contributed by atoms with Gasteiger partial charge in [0.2, 0.25) is 11.8 Å². The Bertz CT molecular complexity index is 1050. The van der Waals surface area contributed by atoms with Crippen LogP contribution in [0.3, 0.4) is 0 Å². The lowest BCUT2D eigenvalue weighted by atomic mass is 9.97. The van der Waals surface area contributed by atoms with E-state index in [0.29, 0.717) is 25.4 Å². The average molecular weight is 466 g/mol. The first-order valence-corrected chi connectivity index (χ1v) is 11.9. The van der Waals surface area contributed by atoms with Gasteiger partial charge in [0.25, 0.3) is 0 Å². The Morgan fingerprint density at radius 3 is 2.70 bits per heavy atom. The summed E-state index contributed by atoms with van der Waals surface area (Å²) in [4.78, 5) is 27.0. The van der Waals surface area contributed by atoms with Gasteiger partial charge in [-0.05, 0) is 60.7 Å². The molecule has 2 amide bonds. The molecule has 0 bridgehead atoms. The summed E-state index contributed by atoms with van der Waals surface area (Å²) >= 11 is 1.64. The van der Waals surface area contributed by atoms with Crippen molar-refractivity contribution in [2.45, 2.75) is 19.8 Å². The molecule has 0 spiro atoms. The Hall–Kier alpha value is -3.46. The normalized spacial score (nSPS) is 15.7. The Kier molecular flexibility index (Phi) is 7.51. The van der Waals surface area contributed by atoms with E-state index in [-0.39, 0.29) is 17.7 Å². The molecule has 3 aromatic rings. The van der Waals surface area contributed by atoms with Gasteiger partial charge in [0.1, 0.15) is 18.1 Å². The van der Waals surface area contributed by atoms with Crippen LogP contribution >= 0.6 is 11.3 Å². The fraction of sp³-hybridized carbons (Fsp3) is 0.333. The molecule has 1 aliphatic rings. The van der Waals surface area contributed by atoms with E-state index in [2.05, 4.69) is 25.7 Å². The molecule has 9 heteroatoms. The lowest BCUT2D eigenvalue weighted by Gasteiger charge is -2.32. The number of hydrogen-bond donors (Lipinski definition) is 2. The van der Waals surface area contributed by atoms with Crippen LogP contribution in [0.2, 0.25) is 0 Å². The van der Waals surface area contributed by atoms with Gasteiger partial charge < -0.3 is 20.3 Å². The van der Waals surface area contributed by atoms with Crippen molar-refractivity contribution in [1.29, 1.82) is 0 Å². The summed E-state index contributed by atoms with van der Waals surface area (Å²) in [5, 5.41) is 16.5. The minimum atomic E-state index is -0.119. The molecule has 33 heavy (non-hydrogen) atoms. The predicted octanol–water partition coefficient (Wildman–Crippen LogP) is 3.58. The molecule has 2 aromatic heterocycles. The number of anilines is 2. The third kappa shape index (κ3) is 6.29. The third-order valence-corrected chi connectivity index (χ3v) is 6.30. The van der Waals surface area contributed by atoms with Crippen LogP contribution in [0.1, 0.15) is 19.8 Å². The number of rotatable bonds is 8. The average Bonchev–Trinajstić information content (AvgIpc) is 3.38. The Balaban J connectivity index is 1.29. The molecule has 0 aliphatic carbocycles. The van der Waals surface area contributed by atoms with E-state index in [1.165, 1.54) is 6.92 Å². The summed E-state index contributed by atoms with van der Waals surface area (Å²) in [5.41, 5.74) is 1.59. The highest BCUT2D eigenvalue weighted by atomic mass is 32.1. The van der Waals surface area contributed by atoms with Crippen molar-refractivity contribution in [2.75, 3.05) is 36.5 Å². The van der Waals surface area contributed by atoms with E-state index in [9.17, 15) is 9.59 Å². The first-order valence-electron chi connectivity index (χ1n) is 11.0. The fourth-order valence-electron chi connectivity index (χ4n) is 3.72. The van der Waals surface area contributed by atoms with Crippen molar-refractivity contribution in [3.63, 3.8) is 0 Å². The van der Waals surface area contributed by atoms with Gasteiger partial charge in [-0.2, -0.15) is 0 Å². The van der Waals surface area contributed by atoms with Crippen molar-refractivity contribution in [2.24, 2.45) is 5.92 Å². The second-order valence-corrected chi connectivity index (χ2v) is 8.83. The van der Waals surface area contributed by atoms with Gasteiger partial charge in [0.15, 0.2) is 5.82 Å². The van der Waals surface area contributed by atoms with Gasteiger partial charge in [-0.25, -0.2) is 0 Å². The highest BCUT2D eigenvalue weighted by molar-refractivity contribution is 7.13. The number of thiophene rings is 1. The summed E-state index contributed by atoms with van der Waals surface area (Å²) < 4.78 is 5.58. The zero-order valence-corrected chi connectivity index (χ0v) is 19.3. The summed E-state index contributed by atoms with van der Waals surface area (Å²) in [6.45, 7) is 3.79. The summed E-state index contributed by atoms with van der Waals surface area (Å²) in [5.74, 6) is 1.29. The molecular formula is C24H27N5O3S. The summed E-state index contributed by atoms with van der Waals surface area (Å²) in [7, 11) is 0. The molecule has 1 fully saturated rings. The van der Waals surface area contributed by atoms with Crippen LogP contribution in [-0.2, 0) is 9.59 Å². The lowest BCUT2D eigenvalue weighted by molar-refractivity contribution is -0.120. The van der Waals surface area contributed by atoms with E-state index < -0.39 is 0 Å². The molecule has 1 atom stereocenters. The van der Waals surface area contributed by atoms with Crippen LogP contribution in [0.25, 0.3) is 10.6 Å². The molecule has 0 saturated carbocycles. The van der Waals surface area contributed by atoms with E-state index in [1.54, 1.807) is 23.5 Å². The molecule has 0 radical (unpaired) electrons. The standard InChI is InChI=1S/C24H27N5O3S/c1-17(30)25-12-14-32-20-8-6-19(7-9-20)26-24(31)18-4-2-13-29(16-18)23-11-10-21(27-28-23)22-5-3-15-33-22/h3,5-11,15,18H,2,4,12-14,16H2,1H3,(H,25,30)(H,26,31). The Labute approximate surface area is 197 Å². The fourth-order valence-corrected chi connectivity index (χ4v) is 4.41. The van der Waals surface area contributed by atoms with Gasteiger partial charge in [-0.3, -0.25) is 9.59 Å². The maximum absolute atomic E-state index is 12.9. The number of piperidine rings is 1. The van der Waals surface area contributed by atoms with Gasteiger partial charge in [0.05, 0.1) is 17.3 Å². The summed E-state index contributed by atoms with van der Waals surface area (Å²) in [6.07, 6.45) is 1.76. The quantitative estimate of drug-likeness (QED) is 0.494. The number of nitrogens with zero attached hydrogens (tertiary/aromatic N) is 3. The van der Waals surface area contributed by atoms with E-state index in [1.807, 2.05) is 41.8 Å². The van der Waals surface area contributed by atoms with Gasteiger partial charge in [-0.15, -0.1) is 21.5 Å². The van der Waals surface area contributed by atoms with Gasteiger partial charge in [0, 0.05) is 25.7 Å². The number of aromatic nitrogens is 2. The first-order chi connectivity index (χ1) is 16.1. The third-order valence-electron chi connectivity index (χ3n) is 5.41. The number of carbonyl (C=O) groups is 2. The molecular weight excluding hydrogens is 438 g/mol. The molecule has 1 unspecified atom stereocenters. The number of nitrogens with one attached hydrogen (secondary N) is 2. The zero-order chi connectivity index (χ0) is 23.0. The van der Waals surface area contributed by atoms with Crippen LogP contribution < -0.4 is 20.3 Å². The van der Waals surface area contributed by atoms with Crippen LogP contribution in [0.5, 0.6) is 5.75 Å². The minimum Gasteiger partial charge on any atom is -0.492 e. The smallest absolute Gasteiger partial charge is 0.229 e. The second-order valence-electron chi connectivity index (χ2n) is 7.88. The SMILES string of the molecule is CC(=O)NCCOc1ccc(NC(=O)C2CCCN(c3ccc(-c4cccs4)nn3)C2)cc1. The molecule has 172 valence electrons. The van der Waals surface area contributed by atoms with Gasteiger partial charge >= 0.3 is 0 Å². The second kappa shape index (κ2) is 10.9. The summed E-state index contributed by atoms with van der Waals surface area (Å²) in [6, 6.07) is 15.2. The van der Waals surface area contributed by atoms with Crippen LogP contribution in [0.15, 0.2) is 53.9 Å². The number of amides is 2. The van der Waals surface area contributed by atoms with Crippen molar-refractivity contribution in [1.82, 2.24) is 15.5 Å². The monoisotopic (exact) mass is 465 g/mol. The van der Waals surface area contributed by atoms with E-state index in [0.717, 1.165) is 41.5 Å². The molecule has 8 nitrogen and oxygen atoms in total. The lowest BCUT2D eigenvalue weighted by Crippen LogP contribution is -2.41. The highest BCUT2D eigenvalue weighted by Crippen LogP contribution is 2.26. The Morgan fingerprint density at radius 2 is 2.00 bits per heavy atom. The maximum Gasteiger partial charge on any atom is 0.229 e. The zero-order valence-electron chi connectivity index (χ0n) is 18.5. The van der Waals surface area contributed by atoms with Crippen molar-refractivity contribution in [3.05, 3.63) is 53.9 Å². The largest absolute Gasteiger partial charge is 0.492 e. The van der Waals surface area contributed by atoms with Gasteiger partial charge in [-0.1, -0.05) is 6.07 Å². The van der Waals surface area contributed by atoms with Crippen molar-refractivity contribution >= 4 is 34.7 Å². The number of hydrogen-bond acceptors (Lipinski definition) is 7. The first kappa shape index (κ1) is 22.7.